The molecule has 3 rings (SSSR count). The summed E-state index contributed by atoms with van der Waals surface area (Å²) >= 11 is 0. The number of nitrogens with two attached hydrogens (primary N) is 1. The zero-order chi connectivity index (χ0) is 16.9. The van der Waals surface area contributed by atoms with Gasteiger partial charge in [0.1, 0.15) is 11.3 Å². The monoisotopic (exact) mass is 327 g/mol. The molecule has 0 amide bonds. The fourth-order valence-corrected chi connectivity index (χ4v) is 2.62. The van der Waals surface area contributed by atoms with Crippen molar-refractivity contribution < 1.29 is 9.47 Å². The number of fused-ring (bicyclic) bond motifs is 1. The topological polar surface area (TPSA) is 87.2 Å². The summed E-state index contributed by atoms with van der Waals surface area (Å²) in [4.78, 5) is 8.65. The first-order chi connectivity index (χ1) is 11.7. The molecular weight excluding hydrogens is 306 g/mol. The minimum Gasteiger partial charge on any atom is -0.497 e. The molecule has 1 aromatic carbocycles. The number of hydrogen-bond donors (Lipinski definition) is 2. The lowest BCUT2D eigenvalue weighted by Gasteiger charge is -2.12. The van der Waals surface area contributed by atoms with E-state index in [-0.39, 0.29) is 5.95 Å². The van der Waals surface area contributed by atoms with E-state index in [1.165, 1.54) is 0 Å². The van der Waals surface area contributed by atoms with Crippen molar-refractivity contribution in [3.8, 4) is 5.75 Å². The first kappa shape index (κ1) is 16.1. The number of ether oxygens (including phenoxy) is 2. The summed E-state index contributed by atoms with van der Waals surface area (Å²) in [6, 6.07) is 9.92. The molecule has 3 aromatic rings. The van der Waals surface area contributed by atoms with Gasteiger partial charge in [0.25, 0.3) is 0 Å². The van der Waals surface area contributed by atoms with E-state index in [1.807, 2.05) is 30.5 Å². The normalized spacial score (nSPS) is 10.9. The van der Waals surface area contributed by atoms with Crippen LogP contribution in [0.5, 0.6) is 5.75 Å². The summed E-state index contributed by atoms with van der Waals surface area (Å²) in [5.74, 6) is 1.80. The van der Waals surface area contributed by atoms with Gasteiger partial charge in [-0.05, 0) is 23.8 Å². The van der Waals surface area contributed by atoms with Gasteiger partial charge in [-0.3, -0.25) is 0 Å². The zero-order valence-corrected chi connectivity index (χ0v) is 13.8. The number of aromatic nitrogens is 3. The molecule has 7 heteroatoms. The van der Waals surface area contributed by atoms with Crippen molar-refractivity contribution in [1.82, 2.24) is 14.5 Å². The maximum atomic E-state index is 5.81. The number of rotatable bonds is 7. The van der Waals surface area contributed by atoms with Crippen LogP contribution >= 0.6 is 0 Å². The van der Waals surface area contributed by atoms with E-state index < -0.39 is 0 Å². The third-order valence-electron chi connectivity index (χ3n) is 3.71. The van der Waals surface area contributed by atoms with Gasteiger partial charge in [0, 0.05) is 26.4 Å². The average molecular weight is 327 g/mol. The van der Waals surface area contributed by atoms with Gasteiger partial charge in [-0.2, -0.15) is 4.98 Å². The first-order valence-corrected chi connectivity index (χ1v) is 7.69. The molecule has 2 heterocycles. The molecule has 24 heavy (non-hydrogen) atoms. The van der Waals surface area contributed by atoms with Crippen LogP contribution in [0.2, 0.25) is 0 Å². The predicted octanol–water partition coefficient (Wildman–Crippen LogP) is 2.13. The Morgan fingerprint density at radius 3 is 2.88 bits per heavy atom. The standard InChI is InChI=1S/C17H21N5O2/c1-23-9-7-19-16-15-14(20-17(18)21-16)6-8-22(15)11-12-4-3-5-13(10-12)24-2/h3-6,8,10H,7,9,11H2,1-2H3,(H3,18,19,20,21). The molecule has 0 aliphatic carbocycles. The Morgan fingerprint density at radius 1 is 1.21 bits per heavy atom. The second-order valence-electron chi connectivity index (χ2n) is 5.38. The SMILES string of the molecule is COCCNc1nc(N)nc2ccn(Cc3cccc(OC)c3)c12. The summed E-state index contributed by atoms with van der Waals surface area (Å²) in [5, 5.41) is 3.26. The molecular formula is C17H21N5O2. The Labute approximate surface area is 140 Å². The second-order valence-corrected chi connectivity index (χ2v) is 5.38. The van der Waals surface area contributed by atoms with E-state index in [0.717, 1.165) is 22.3 Å². The van der Waals surface area contributed by atoms with Gasteiger partial charge < -0.3 is 25.1 Å². The Hall–Kier alpha value is -2.80. The van der Waals surface area contributed by atoms with Crippen molar-refractivity contribution in [2.75, 3.05) is 38.4 Å². The number of nitrogen functional groups attached to an aromatic ring is 1. The molecule has 0 saturated heterocycles. The molecule has 0 saturated carbocycles. The minimum absolute atomic E-state index is 0.251. The van der Waals surface area contributed by atoms with Crippen LogP contribution < -0.4 is 15.8 Å². The molecule has 2 aromatic heterocycles. The summed E-state index contributed by atoms with van der Waals surface area (Å²) in [7, 11) is 3.33. The summed E-state index contributed by atoms with van der Waals surface area (Å²) < 4.78 is 12.5. The van der Waals surface area contributed by atoms with Crippen LogP contribution in [0.4, 0.5) is 11.8 Å². The van der Waals surface area contributed by atoms with Crippen molar-refractivity contribution in [3.63, 3.8) is 0 Å². The molecule has 0 radical (unpaired) electrons. The molecule has 0 spiro atoms. The van der Waals surface area contributed by atoms with Gasteiger partial charge in [0.15, 0.2) is 5.82 Å². The Balaban J connectivity index is 1.95. The second kappa shape index (κ2) is 7.18. The number of nitrogens with one attached hydrogen (secondary N) is 1. The van der Waals surface area contributed by atoms with Crippen molar-refractivity contribution in [3.05, 3.63) is 42.1 Å². The molecule has 0 atom stereocenters. The highest BCUT2D eigenvalue weighted by Gasteiger charge is 2.11. The zero-order valence-electron chi connectivity index (χ0n) is 13.8. The van der Waals surface area contributed by atoms with Crippen LogP contribution in [0.3, 0.4) is 0 Å². The van der Waals surface area contributed by atoms with Crippen molar-refractivity contribution >= 4 is 22.8 Å². The van der Waals surface area contributed by atoms with Gasteiger partial charge in [0.05, 0.1) is 19.2 Å². The van der Waals surface area contributed by atoms with Gasteiger partial charge in [-0.15, -0.1) is 0 Å². The lowest BCUT2D eigenvalue weighted by molar-refractivity contribution is 0.210. The molecule has 7 nitrogen and oxygen atoms in total. The highest BCUT2D eigenvalue weighted by atomic mass is 16.5. The van der Waals surface area contributed by atoms with Crippen LogP contribution in [0.25, 0.3) is 11.0 Å². The van der Waals surface area contributed by atoms with Gasteiger partial charge in [-0.25, -0.2) is 4.98 Å². The number of benzene rings is 1. The molecule has 0 aliphatic rings. The molecule has 3 N–H and O–H groups in total. The number of hydrogen-bond acceptors (Lipinski definition) is 6. The Kier molecular flexibility index (Phi) is 4.81. The van der Waals surface area contributed by atoms with Gasteiger partial charge in [0.2, 0.25) is 5.95 Å². The smallest absolute Gasteiger partial charge is 0.222 e. The fourth-order valence-electron chi connectivity index (χ4n) is 2.62. The third kappa shape index (κ3) is 3.41. The minimum atomic E-state index is 0.251. The van der Waals surface area contributed by atoms with Crippen molar-refractivity contribution in [2.45, 2.75) is 6.54 Å². The highest BCUT2D eigenvalue weighted by Crippen LogP contribution is 2.24. The maximum absolute atomic E-state index is 5.81. The number of nitrogens with zero attached hydrogens (tertiary/aromatic N) is 3. The number of methoxy groups -OCH3 is 2. The average Bonchev–Trinajstić information content (AvgIpc) is 2.98. The highest BCUT2D eigenvalue weighted by molar-refractivity contribution is 5.87. The van der Waals surface area contributed by atoms with E-state index in [2.05, 4.69) is 25.9 Å². The molecule has 0 aliphatic heterocycles. The largest absolute Gasteiger partial charge is 0.497 e. The van der Waals surface area contributed by atoms with E-state index in [1.54, 1.807) is 14.2 Å². The lowest BCUT2D eigenvalue weighted by Crippen LogP contribution is -2.12. The van der Waals surface area contributed by atoms with Crippen molar-refractivity contribution in [1.29, 1.82) is 0 Å². The summed E-state index contributed by atoms with van der Waals surface area (Å²) in [6.45, 7) is 1.92. The van der Waals surface area contributed by atoms with Crippen LogP contribution in [-0.4, -0.2) is 41.9 Å². The van der Waals surface area contributed by atoms with E-state index in [4.69, 9.17) is 15.2 Å². The Morgan fingerprint density at radius 2 is 2.08 bits per heavy atom. The van der Waals surface area contributed by atoms with Crippen molar-refractivity contribution in [2.24, 2.45) is 0 Å². The maximum Gasteiger partial charge on any atom is 0.222 e. The molecule has 0 bridgehead atoms. The molecule has 0 fully saturated rings. The van der Waals surface area contributed by atoms with E-state index in [0.29, 0.717) is 25.5 Å². The number of anilines is 2. The van der Waals surface area contributed by atoms with Crippen LogP contribution in [0.1, 0.15) is 5.56 Å². The molecule has 126 valence electrons. The van der Waals surface area contributed by atoms with Crippen LogP contribution in [0.15, 0.2) is 36.5 Å². The lowest BCUT2D eigenvalue weighted by atomic mass is 10.2. The van der Waals surface area contributed by atoms with Gasteiger partial charge in [-0.1, -0.05) is 12.1 Å². The van der Waals surface area contributed by atoms with Gasteiger partial charge >= 0.3 is 0 Å². The first-order valence-electron chi connectivity index (χ1n) is 7.69. The summed E-state index contributed by atoms with van der Waals surface area (Å²) in [5.41, 5.74) is 8.67. The molecule has 0 unspecified atom stereocenters. The van der Waals surface area contributed by atoms with E-state index >= 15 is 0 Å². The summed E-state index contributed by atoms with van der Waals surface area (Å²) in [6.07, 6.45) is 1.99. The fraction of sp³-hybridized carbons (Fsp3) is 0.294. The van der Waals surface area contributed by atoms with E-state index in [9.17, 15) is 0 Å². The third-order valence-corrected chi connectivity index (χ3v) is 3.71. The Bertz CT molecular complexity index is 831. The van der Waals surface area contributed by atoms with Crippen LogP contribution in [-0.2, 0) is 11.3 Å². The van der Waals surface area contributed by atoms with Crippen LogP contribution in [0, 0.1) is 0 Å². The predicted molar refractivity (Wildman–Crippen MR) is 94.4 cm³/mol. The quantitative estimate of drug-likeness (QED) is 0.647.